The minimum absolute atomic E-state index is 0.0702. The van der Waals surface area contributed by atoms with Crippen LogP contribution in [-0.4, -0.2) is 13.4 Å². The van der Waals surface area contributed by atoms with Gasteiger partial charge in [-0.2, -0.15) is 0 Å². The van der Waals surface area contributed by atoms with Crippen molar-refractivity contribution < 1.29 is 8.42 Å². The Balaban J connectivity index is 2.15. The van der Waals surface area contributed by atoms with Crippen molar-refractivity contribution in [3.8, 4) is 0 Å². The minimum atomic E-state index is -3.89. The van der Waals surface area contributed by atoms with Crippen molar-refractivity contribution in [2.75, 3.05) is 0 Å². The van der Waals surface area contributed by atoms with Crippen molar-refractivity contribution in [2.24, 2.45) is 0 Å². The summed E-state index contributed by atoms with van der Waals surface area (Å²) in [5.41, 5.74) is 2.13. The molecular formula is C21H23NO3S. The van der Waals surface area contributed by atoms with Crippen LogP contribution >= 0.6 is 0 Å². The third-order valence-electron chi connectivity index (χ3n) is 4.64. The lowest BCUT2D eigenvalue weighted by molar-refractivity contribution is 0.586. The normalized spacial score (nSPS) is 12.5. The van der Waals surface area contributed by atoms with E-state index in [4.69, 9.17) is 0 Å². The molecule has 5 heteroatoms. The Morgan fingerprint density at radius 2 is 1.65 bits per heavy atom. The van der Waals surface area contributed by atoms with Gasteiger partial charge in [-0.1, -0.05) is 45.9 Å². The Hall–Kier alpha value is -2.40. The van der Waals surface area contributed by atoms with Gasteiger partial charge in [0.1, 0.15) is 4.90 Å². The van der Waals surface area contributed by atoms with Crippen molar-refractivity contribution in [3.05, 3.63) is 70.0 Å². The van der Waals surface area contributed by atoms with Crippen LogP contribution in [-0.2, 0) is 21.7 Å². The molecule has 2 aromatic carbocycles. The first-order valence-electron chi connectivity index (χ1n) is 8.64. The number of H-pyrrole nitrogens is 1. The molecule has 0 atom stereocenters. The van der Waals surface area contributed by atoms with Gasteiger partial charge in [-0.15, -0.1) is 0 Å². The standard InChI is InChI=1S/C21H23NO3S/c1-5-14-6-11-18-17(12-14)20(23)19(13-22-18)26(24,25)16-9-7-15(8-10-16)21(2,3)4/h6-13H,5H2,1-4H3,(H,22,23). The van der Waals surface area contributed by atoms with Gasteiger partial charge in [-0.3, -0.25) is 4.79 Å². The molecule has 0 radical (unpaired) electrons. The van der Waals surface area contributed by atoms with E-state index in [0.29, 0.717) is 10.9 Å². The van der Waals surface area contributed by atoms with Crippen molar-refractivity contribution in [2.45, 2.75) is 49.3 Å². The molecule has 1 N–H and O–H groups in total. The van der Waals surface area contributed by atoms with Gasteiger partial charge in [0.25, 0.3) is 0 Å². The largest absolute Gasteiger partial charge is 0.360 e. The summed E-state index contributed by atoms with van der Waals surface area (Å²) in [6.45, 7) is 8.19. The molecule has 4 nitrogen and oxygen atoms in total. The van der Waals surface area contributed by atoms with Crippen LogP contribution in [0.1, 0.15) is 38.8 Å². The van der Waals surface area contributed by atoms with E-state index in [1.54, 1.807) is 30.3 Å². The maximum Gasteiger partial charge on any atom is 0.211 e. The van der Waals surface area contributed by atoms with Crippen LogP contribution in [0.4, 0.5) is 0 Å². The van der Waals surface area contributed by atoms with E-state index in [1.807, 2.05) is 19.1 Å². The van der Waals surface area contributed by atoms with E-state index in [9.17, 15) is 13.2 Å². The SMILES string of the molecule is CCc1ccc2[nH]cc(S(=O)(=O)c3ccc(C(C)(C)C)cc3)c(=O)c2c1. The van der Waals surface area contributed by atoms with E-state index >= 15 is 0 Å². The summed E-state index contributed by atoms with van der Waals surface area (Å²) in [7, 11) is -3.89. The van der Waals surface area contributed by atoms with Gasteiger partial charge in [0.15, 0.2) is 0 Å². The molecule has 0 saturated carbocycles. The lowest BCUT2D eigenvalue weighted by atomic mass is 9.87. The molecule has 0 spiro atoms. The molecule has 136 valence electrons. The van der Waals surface area contributed by atoms with Gasteiger partial charge in [-0.25, -0.2) is 8.42 Å². The van der Waals surface area contributed by atoms with Crippen molar-refractivity contribution in [1.82, 2.24) is 4.98 Å². The Kier molecular flexibility index (Phi) is 4.53. The Morgan fingerprint density at radius 3 is 2.23 bits per heavy atom. The van der Waals surface area contributed by atoms with E-state index in [1.165, 1.54) is 6.20 Å². The van der Waals surface area contributed by atoms with E-state index < -0.39 is 15.3 Å². The van der Waals surface area contributed by atoms with Gasteiger partial charge in [-0.05, 0) is 47.2 Å². The number of rotatable bonds is 3. The Labute approximate surface area is 153 Å². The number of benzene rings is 2. The molecule has 0 aliphatic carbocycles. The summed E-state index contributed by atoms with van der Waals surface area (Å²) in [4.78, 5) is 15.7. The summed E-state index contributed by atoms with van der Waals surface area (Å²) >= 11 is 0. The molecule has 0 saturated heterocycles. The number of aryl methyl sites for hydroxylation is 1. The van der Waals surface area contributed by atoms with Crippen LogP contribution in [0.2, 0.25) is 0 Å². The number of aromatic nitrogens is 1. The van der Waals surface area contributed by atoms with E-state index in [-0.39, 0.29) is 15.2 Å². The highest BCUT2D eigenvalue weighted by molar-refractivity contribution is 7.91. The molecule has 26 heavy (non-hydrogen) atoms. The fourth-order valence-electron chi connectivity index (χ4n) is 2.93. The number of aromatic amines is 1. The monoisotopic (exact) mass is 369 g/mol. The third kappa shape index (κ3) is 3.19. The summed E-state index contributed by atoms with van der Waals surface area (Å²) < 4.78 is 26.0. The van der Waals surface area contributed by atoms with Crippen molar-refractivity contribution in [3.63, 3.8) is 0 Å². The maximum atomic E-state index is 13.0. The van der Waals surface area contributed by atoms with E-state index in [0.717, 1.165) is 17.5 Å². The number of fused-ring (bicyclic) bond motifs is 1. The minimum Gasteiger partial charge on any atom is -0.360 e. The predicted octanol–water partition coefficient (Wildman–Crippen LogP) is 4.22. The molecule has 0 bridgehead atoms. The smallest absolute Gasteiger partial charge is 0.211 e. The highest BCUT2D eigenvalue weighted by atomic mass is 32.2. The second kappa shape index (κ2) is 6.40. The second-order valence-corrected chi connectivity index (χ2v) is 9.41. The van der Waals surface area contributed by atoms with Crippen LogP contribution in [0.5, 0.6) is 0 Å². The first kappa shape index (κ1) is 18.4. The molecule has 3 rings (SSSR count). The molecule has 0 aliphatic heterocycles. The van der Waals surface area contributed by atoms with Gasteiger partial charge < -0.3 is 4.98 Å². The predicted molar refractivity (Wildman–Crippen MR) is 105 cm³/mol. The van der Waals surface area contributed by atoms with Crippen LogP contribution in [0, 0.1) is 0 Å². The molecule has 0 unspecified atom stereocenters. The van der Waals surface area contributed by atoms with Gasteiger partial charge >= 0.3 is 0 Å². The van der Waals surface area contributed by atoms with E-state index in [2.05, 4.69) is 25.8 Å². The Bertz CT molecular complexity index is 1120. The van der Waals surface area contributed by atoms with Crippen molar-refractivity contribution >= 4 is 20.7 Å². The summed E-state index contributed by atoms with van der Waals surface area (Å²) in [5.74, 6) is 0. The zero-order valence-corrected chi connectivity index (χ0v) is 16.3. The Morgan fingerprint density at radius 1 is 1.00 bits per heavy atom. The van der Waals surface area contributed by atoms with Gasteiger partial charge in [0.05, 0.1) is 4.90 Å². The fourth-order valence-corrected chi connectivity index (χ4v) is 4.24. The molecular weight excluding hydrogens is 346 g/mol. The van der Waals surface area contributed by atoms with Gasteiger partial charge in [0, 0.05) is 17.1 Å². The number of hydrogen-bond acceptors (Lipinski definition) is 3. The van der Waals surface area contributed by atoms with Crippen LogP contribution in [0.3, 0.4) is 0 Å². The first-order valence-corrected chi connectivity index (χ1v) is 10.1. The van der Waals surface area contributed by atoms with Crippen LogP contribution < -0.4 is 5.43 Å². The second-order valence-electron chi connectivity index (χ2n) is 7.49. The van der Waals surface area contributed by atoms with Gasteiger partial charge in [0.2, 0.25) is 15.3 Å². The summed E-state index contributed by atoms with van der Waals surface area (Å²) in [5, 5.41) is 0.400. The van der Waals surface area contributed by atoms with Crippen LogP contribution in [0.25, 0.3) is 10.9 Å². The number of sulfone groups is 1. The fraction of sp³-hybridized carbons (Fsp3) is 0.286. The maximum absolute atomic E-state index is 13.0. The molecule has 3 aromatic rings. The number of hydrogen-bond donors (Lipinski definition) is 1. The first-order chi connectivity index (χ1) is 12.1. The lowest BCUT2D eigenvalue weighted by Gasteiger charge is -2.19. The topological polar surface area (TPSA) is 67.0 Å². The third-order valence-corrected chi connectivity index (χ3v) is 6.41. The molecule has 0 amide bonds. The molecule has 1 heterocycles. The lowest BCUT2D eigenvalue weighted by Crippen LogP contribution is -2.17. The average Bonchev–Trinajstić information content (AvgIpc) is 2.61. The molecule has 1 aromatic heterocycles. The zero-order chi connectivity index (χ0) is 19.1. The van der Waals surface area contributed by atoms with Crippen LogP contribution in [0.15, 0.2) is 63.2 Å². The highest BCUT2D eigenvalue weighted by Gasteiger charge is 2.23. The molecule has 0 fully saturated rings. The summed E-state index contributed by atoms with van der Waals surface area (Å²) in [6.07, 6.45) is 2.07. The quantitative estimate of drug-likeness (QED) is 0.751. The van der Waals surface area contributed by atoms with Crippen molar-refractivity contribution in [1.29, 1.82) is 0 Å². The highest BCUT2D eigenvalue weighted by Crippen LogP contribution is 2.25. The number of nitrogens with one attached hydrogen (secondary N) is 1. The number of pyridine rings is 1. The average molecular weight is 369 g/mol. The summed E-state index contributed by atoms with van der Waals surface area (Å²) in [6, 6.07) is 12.2. The zero-order valence-electron chi connectivity index (χ0n) is 15.5. The molecule has 0 aliphatic rings.